The Hall–Kier alpha value is -1.36. The number of amides is 1. The third-order valence-corrected chi connectivity index (χ3v) is 4.51. The molecular weight excluding hydrogens is 264 g/mol. The van der Waals surface area contributed by atoms with Gasteiger partial charge in [-0.3, -0.25) is 9.69 Å². The average molecular weight is 292 g/mol. The van der Waals surface area contributed by atoms with E-state index < -0.39 is 5.54 Å². The van der Waals surface area contributed by atoms with Crippen LogP contribution in [0.15, 0.2) is 12.4 Å². The Morgan fingerprint density at radius 1 is 1.43 bits per heavy atom. The van der Waals surface area contributed by atoms with E-state index in [1.165, 1.54) is 12.8 Å². The molecule has 1 saturated heterocycles. The van der Waals surface area contributed by atoms with Crippen LogP contribution in [0.25, 0.3) is 0 Å². The molecule has 0 unspecified atom stereocenters. The molecule has 21 heavy (non-hydrogen) atoms. The summed E-state index contributed by atoms with van der Waals surface area (Å²) in [5, 5.41) is 3.21. The topological polar surface area (TPSA) is 50.2 Å². The number of carbonyl (C=O) groups is 1. The second-order valence-corrected chi connectivity index (χ2v) is 6.46. The Labute approximate surface area is 127 Å². The monoisotopic (exact) mass is 292 g/mol. The highest BCUT2D eigenvalue weighted by molar-refractivity contribution is 5.85. The molecule has 0 saturated carbocycles. The number of hydrogen-bond acceptors (Lipinski definition) is 3. The van der Waals surface area contributed by atoms with Crippen molar-refractivity contribution < 1.29 is 4.79 Å². The van der Waals surface area contributed by atoms with E-state index in [1.54, 1.807) is 6.20 Å². The summed E-state index contributed by atoms with van der Waals surface area (Å²) in [6, 6.07) is -0.00984. The van der Waals surface area contributed by atoms with Crippen molar-refractivity contribution in [2.45, 2.75) is 58.0 Å². The predicted octanol–water partition coefficient (Wildman–Crippen LogP) is 2.25. The largest absolute Gasteiger partial charge is 0.345 e. The maximum atomic E-state index is 12.8. The third kappa shape index (κ3) is 3.46. The van der Waals surface area contributed by atoms with E-state index in [4.69, 9.17) is 0 Å². The summed E-state index contributed by atoms with van der Waals surface area (Å²) < 4.78 is 1.99. The lowest BCUT2D eigenvalue weighted by atomic mass is 10.0. The number of carbonyl (C=O) groups excluding carboxylic acids is 1. The van der Waals surface area contributed by atoms with Crippen LogP contribution in [0.5, 0.6) is 0 Å². The lowest BCUT2D eigenvalue weighted by Gasteiger charge is -2.35. The van der Waals surface area contributed by atoms with Gasteiger partial charge in [-0.15, -0.1) is 0 Å². The lowest BCUT2D eigenvalue weighted by molar-refractivity contribution is -0.132. The second-order valence-electron chi connectivity index (χ2n) is 6.46. The van der Waals surface area contributed by atoms with Gasteiger partial charge >= 0.3 is 0 Å². The van der Waals surface area contributed by atoms with Crippen molar-refractivity contribution in [2.24, 2.45) is 7.05 Å². The molecule has 0 aromatic carbocycles. The van der Waals surface area contributed by atoms with Crippen molar-refractivity contribution >= 4 is 5.91 Å². The molecule has 1 fully saturated rings. The molecule has 1 N–H and O–H groups in total. The molecule has 1 atom stereocenters. The van der Waals surface area contributed by atoms with Crippen LogP contribution in [0.1, 0.15) is 58.3 Å². The molecule has 5 heteroatoms. The van der Waals surface area contributed by atoms with Crippen LogP contribution in [0, 0.1) is 0 Å². The maximum Gasteiger partial charge on any atom is 0.240 e. The van der Waals surface area contributed by atoms with E-state index in [2.05, 4.69) is 22.1 Å². The van der Waals surface area contributed by atoms with Gasteiger partial charge in [0.05, 0.1) is 11.6 Å². The van der Waals surface area contributed by atoms with E-state index in [9.17, 15) is 4.79 Å². The molecular formula is C16H28N4O. The molecule has 1 aliphatic heterocycles. The Kier molecular flexibility index (Phi) is 5.04. The predicted molar refractivity (Wildman–Crippen MR) is 83.9 cm³/mol. The quantitative estimate of drug-likeness (QED) is 0.875. The first kappa shape index (κ1) is 16.0. The highest BCUT2D eigenvalue weighted by Crippen LogP contribution is 2.23. The smallest absolute Gasteiger partial charge is 0.240 e. The van der Waals surface area contributed by atoms with Gasteiger partial charge in [-0.1, -0.05) is 13.3 Å². The van der Waals surface area contributed by atoms with Crippen molar-refractivity contribution in [1.82, 2.24) is 19.8 Å². The van der Waals surface area contributed by atoms with Gasteiger partial charge in [-0.2, -0.15) is 0 Å². The Morgan fingerprint density at radius 2 is 2.10 bits per heavy atom. The zero-order chi connectivity index (χ0) is 15.5. The molecule has 0 bridgehead atoms. The minimum atomic E-state index is -0.451. The number of nitrogens with one attached hydrogen (secondary N) is 1. The van der Waals surface area contributed by atoms with Gasteiger partial charge in [0.2, 0.25) is 5.91 Å². The molecule has 0 spiro atoms. The number of aromatic nitrogens is 2. The van der Waals surface area contributed by atoms with E-state index in [0.29, 0.717) is 0 Å². The van der Waals surface area contributed by atoms with E-state index in [1.807, 2.05) is 31.7 Å². The van der Waals surface area contributed by atoms with Crippen LogP contribution in [0.3, 0.4) is 0 Å². The summed E-state index contributed by atoms with van der Waals surface area (Å²) in [5.74, 6) is 1.04. The second kappa shape index (κ2) is 6.60. The van der Waals surface area contributed by atoms with Crippen LogP contribution in [-0.2, 0) is 11.8 Å². The highest BCUT2D eigenvalue weighted by Gasteiger charge is 2.37. The van der Waals surface area contributed by atoms with E-state index in [-0.39, 0.29) is 11.9 Å². The van der Waals surface area contributed by atoms with E-state index >= 15 is 0 Å². The Balaban J connectivity index is 2.09. The molecule has 1 aromatic rings. The number of hydrogen-bond donors (Lipinski definition) is 1. The molecule has 0 radical (unpaired) electrons. The van der Waals surface area contributed by atoms with Gasteiger partial charge in [-0.05, 0) is 46.2 Å². The summed E-state index contributed by atoms with van der Waals surface area (Å²) >= 11 is 0. The van der Waals surface area contributed by atoms with Gasteiger partial charge in [0.15, 0.2) is 0 Å². The number of nitrogens with zero attached hydrogens (tertiary/aromatic N) is 3. The Bertz CT molecular complexity index is 474. The van der Waals surface area contributed by atoms with Crippen molar-refractivity contribution in [2.75, 3.05) is 13.1 Å². The fourth-order valence-corrected chi connectivity index (χ4v) is 3.02. The van der Waals surface area contributed by atoms with Gasteiger partial charge < -0.3 is 9.88 Å². The minimum absolute atomic E-state index is 0.00984. The summed E-state index contributed by atoms with van der Waals surface area (Å²) in [6.45, 7) is 8.21. The molecule has 2 rings (SSSR count). The summed E-state index contributed by atoms with van der Waals surface area (Å²) in [7, 11) is 1.97. The standard InChI is InChI=1S/C16H28N4O/c1-5-8-13(14-17-9-12-19(14)4)18-15(21)16(2,3)20-10-6-7-11-20/h9,12-13H,5-8,10-11H2,1-4H3,(H,18,21)/t13-/m1/s1. The van der Waals surface area contributed by atoms with Gasteiger partial charge in [-0.25, -0.2) is 4.98 Å². The zero-order valence-corrected chi connectivity index (χ0v) is 13.7. The molecule has 5 nitrogen and oxygen atoms in total. The highest BCUT2D eigenvalue weighted by atomic mass is 16.2. The normalized spacial score (nSPS) is 17.9. The average Bonchev–Trinajstić information content (AvgIpc) is 3.09. The molecule has 0 aliphatic carbocycles. The summed E-state index contributed by atoms with van der Waals surface area (Å²) in [5.41, 5.74) is -0.451. The van der Waals surface area contributed by atoms with Crippen molar-refractivity contribution in [1.29, 1.82) is 0 Å². The van der Waals surface area contributed by atoms with Crippen molar-refractivity contribution in [3.05, 3.63) is 18.2 Å². The van der Waals surface area contributed by atoms with Crippen molar-refractivity contribution in [3.8, 4) is 0 Å². The first-order valence-electron chi connectivity index (χ1n) is 8.00. The minimum Gasteiger partial charge on any atom is -0.345 e. The van der Waals surface area contributed by atoms with Crippen LogP contribution in [-0.4, -0.2) is 39.0 Å². The summed E-state index contributed by atoms with van der Waals surface area (Å²) in [4.78, 5) is 19.4. The fraction of sp³-hybridized carbons (Fsp3) is 0.750. The van der Waals surface area contributed by atoms with Crippen LogP contribution in [0.2, 0.25) is 0 Å². The first-order chi connectivity index (χ1) is 9.96. The van der Waals surface area contributed by atoms with Crippen molar-refractivity contribution in [3.63, 3.8) is 0 Å². The van der Waals surface area contributed by atoms with Crippen LogP contribution in [0.4, 0.5) is 0 Å². The van der Waals surface area contributed by atoms with Gasteiger partial charge in [0, 0.05) is 19.4 Å². The number of likely N-dealkylation sites (tertiary alicyclic amines) is 1. The van der Waals surface area contributed by atoms with Crippen LogP contribution >= 0.6 is 0 Å². The lowest BCUT2D eigenvalue weighted by Crippen LogP contribution is -2.54. The number of aryl methyl sites for hydroxylation is 1. The molecule has 118 valence electrons. The zero-order valence-electron chi connectivity index (χ0n) is 13.7. The molecule has 1 amide bonds. The first-order valence-corrected chi connectivity index (χ1v) is 8.00. The summed E-state index contributed by atoms with van der Waals surface area (Å²) in [6.07, 6.45) is 8.02. The SMILES string of the molecule is CCC[C@@H](NC(=O)C(C)(C)N1CCCC1)c1nccn1C. The number of imidazole rings is 1. The van der Waals surface area contributed by atoms with Gasteiger partial charge in [0.1, 0.15) is 5.82 Å². The molecule has 1 aromatic heterocycles. The van der Waals surface area contributed by atoms with Gasteiger partial charge in [0.25, 0.3) is 0 Å². The van der Waals surface area contributed by atoms with E-state index in [0.717, 1.165) is 31.8 Å². The fourth-order valence-electron chi connectivity index (χ4n) is 3.02. The third-order valence-electron chi connectivity index (χ3n) is 4.51. The Morgan fingerprint density at radius 3 is 2.62 bits per heavy atom. The molecule has 1 aliphatic rings. The van der Waals surface area contributed by atoms with Crippen LogP contribution < -0.4 is 5.32 Å². The maximum absolute atomic E-state index is 12.8. The molecule has 2 heterocycles. The number of rotatable bonds is 6.